The second-order valence-corrected chi connectivity index (χ2v) is 9.62. The predicted molar refractivity (Wildman–Crippen MR) is 85.3 cm³/mol. The Labute approximate surface area is 129 Å². The number of hydrogen-bond donors (Lipinski definition) is 0. The third-order valence-corrected chi connectivity index (χ3v) is 5.85. The van der Waals surface area contributed by atoms with E-state index in [0.717, 1.165) is 0 Å². The van der Waals surface area contributed by atoms with Crippen molar-refractivity contribution in [3.63, 3.8) is 0 Å². The smallest absolute Gasteiger partial charge is 0.170 e. The van der Waals surface area contributed by atoms with E-state index in [-0.39, 0.29) is 23.2 Å². The second kappa shape index (κ2) is 5.77. The Morgan fingerprint density at radius 1 is 0.714 bits per heavy atom. The Morgan fingerprint density at radius 2 is 1.10 bits per heavy atom. The van der Waals surface area contributed by atoms with Gasteiger partial charge in [-0.1, -0.05) is 69.2 Å². The molecule has 0 aliphatic heterocycles. The van der Waals surface area contributed by atoms with Gasteiger partial charge >= 0.3 is 6.18 Å². The second-order valence-electron chi connectivity index (χ2n) is 9.62. The molecule has 21 heavy (non-hydrogen) atoms. The van der Waals surface area contributed by atoms with Crippen molar-refractivity contribution in [2.75, 3.05) is 0 Å². The lowest BCUT2D eigenvalue weighted by Crippen LogP contribution is -2.51. The lowest BCUT2D eigenvalue weighted by Gasteiger charge is -2.52. The molecule has 128 valence electrons. The summed E-state index contributed by atoms with van der Waals surface area (Å²) in [5, 5.41) is 0. The highest BCUT2D eigenvalue weighted by molar-refractivity contribution is 4.99. The number of rotatable bonds is 5. The average Bonchev–Trinajstić information content (AvgIpc) is 2.10. The molecule has 1 unspecified atom stereocenters. The normalized spacial score (nSPS) is 18.0. The van der Waals surface area contributed by atoms with Gasteiger partial charge in [0, 0.05) is 0 Å². The Morgan fingerprint density at radius 3 is 1.33 bits per heavy atom. The summed E-state index contributed by atoms with van der Waals surface area (Å²) in [5.74, 6) is 0.0219. The van der Waals surface area contributed by atoms with Crippen molar-refractivity contribution >= 4 is 0 Å². The highest BCUT2D eigenvalue weighted by Crippen LogP contribution is 2.60. The summed E-state index contributed by atoms with van der Waals surface area (Å²) >= 11 is 0. The summed E-state index contributed by atoms with van der Waals surface area (Å²) in [6, 6.07) is 0. The molecule has 0 aliphatic rings. The topological polar surface area (TPSA) is 0 Å². The Kier molecular flexibility index (Phi) is 5.72. The Hall–Kier alpha value is -0.210. The Balaban J connectivity index is 5.70. The molecule has 0 radical (unpaired) electrons. The van der Waals surface area contributed by atoms with Crippen LogP contribution in [0.5, 0.6) is 0 Å². The van der Waals surface area contributed by atoms with Crippen LogP contribution >= 0.6 is 0 Å². The van der Waals surface area contributed by atoms with Gasteiger partial charge in [0.15, 0.2) is 0 Å². The molecular formula is C18H35F3. The molecule has 0 saturated heterocycles. The van der Waals surface area contributed by atoms with E-state index in [9.17, 15) is 13.2 Å². The SMILES string of the molecule is CC(C)CC(C)(C(F)(F)F)C(C)(C)CC(C)(C)C(C)(C)C. The molecule has 0 saturated carbocycles. The molecule has 0 heterocycles. The lowest BCUT2D eigenvalue weighted by molar-refractivity contribution is -0.265. The summed E-state index contributed by atoms with van der Waals surface area (Å²) in [4.78, 5) is 0. The highest BCUT2D eigenvalue weighted by Gasteiger charge is 2.60. The van der Waals surface area contributed by atoms with E-state index >= 15 is 0 Å². The van der Waals surface area contributed by atoms with Crippen LogP contribution in [0.25, 0.3) is 0 Å². The molecule has 0 rings (SSSR count). The van der Waals surface area contributed by atoms with Crippen LogP contribution in [-0.4, -0.2) is 6.18 Å². The zero-order chi connectivity index (χ0) is 17.5. The van der Waals surface area contributed by atoms with Crippen molar-refractivity contribution in [1.29, 1.82) is 0 Å². The maximum atomic E-state index is 13.8. The number of hydrogen-bond acceptors (Lipinski definition) is 0. The van der Waals surface area contributed by atoms with Crippen LogP contribution in [-0.2, 0) is 0 Å². The van der Waals surface area contributed by atoms with Gasteiger partial charge in [-0.15, -0.1) is 0 Å². The molecule has 0 nitrogen and oxygen atoms in total. The first kappa shape index (κ1) is 20.8. The van der Waals surface area contributed by atoms with Crippen LogP contribution in [0.4, 0.5) is 13.2 Å². The molecule has 1 atom stereocenters. The summed E-state index contributed by atoms with van der Waals surface area (Å²) in [6.45, 7) is 19.2. The van der Waals surface area contributed by atoms with E-state index in [1.54, 1.807) is 13.8 Å². The van der Waals surface area contributed by atoms with Gasteiger partial charge in [-0.3, -0.25) is 0 Å². The van der Waals surface area contributed by atoms with Crippen LogP contribution < -0.4 is 0 Å². The van der Waals surface area contributed by atoms with Crippen LogP contribution in [0.3, 0.4) is 0 Å². The fraction of sp³-hybridized carbons (Fsp3) is 1.00. The Bertz CT molecular complexity index is 342. The van der Waals surface area contributed by atoms with Crippen LogP contribution in [0.15, 0.2) is 0 Å². The molecule has 0 aromatic rings. The minimum Gasteiger partial charge on any atom is -0.170 e. The predicted octanol–water partition coefficient (Wildman–Crippen LogP) is 7.09. The summed E-state index contributed by atoms with van der Waals surface area (Å²) in [7, 11) is 0. The quantitative estimate of drug-likeness (QED) is 0.508. The maximum absolute atomic E-state index is 13.8. The zero-order valence-corrected chi connectivity index (χ0v) is 15.6. The van der Waals surface area contributed by atoms with Gasteiger partial charge in [0.05, 0.1) is 5.41 Å². The lowest BCUT2D eigenvalue weighted by atomic mass is 9.53. The zero-order valence-electron chi connectivity index (χ0n) is 15.6. The molecular weight excluding hydrogens is 273 g/mol. The van der Waals surface area contributed by atoms with Crippen LogP contribution in [0.1, 0.15) is 82.1 Å². The standard InChI is InChI=1S/C18H35F3/c1-13(2)11-17(10,18(19,20)21)16(8,9)12-15(6,7)14(3,4)5/h13H,11-12H2,1-10H3. The van der Waals surface area contributed by atoms with E-state index < -0.39 is 17.0 Å². The third-order valence-electron chi connectivity index (χ3n) is 5.85. The fourth-order valence-electron chi connectivity index (χ4n) is 3.16. The molecule has 3 heteroatoms. The van der Waals surface area contributed by atoms with Gasteiger partial charge in [0.2, 0.25) is 0 Å². The van der Waals surface area contributed by atoms with Crippen LogP contribution in [0.2, 0.25) is 0 Å². The van der Waals surface area contributed by atoms with Crippen molar-refractivity contribution in [2.45, 2.75) is 88.3 Å². The monoisotopic (exact) mass is 308 g/mol. The first-order chi connectivity index (χ1) is 8.87. The maximum Gasteiger partial charge on any atom is 0.394 e. The molecule has 0 N–H and O–H groups in total. The van der Waals surface area contributed by atoms with E-state index in [0.29, 0.717) is 6.42 Å². The van der Waals surface area contributed by atoms with Gasteiger partial charge in [0.25, 0.3) is 0 Å². The van der Waals surface area contributed by atoms with E-state index in [2.05, 4.69) is 34.6 Å². The van der Waals surface area contributed by atoms with Crippen LogP contribution in [0, 0.1) is 27.6 Å². The van der Waals surface area contributed by atoms with Gasteiger partial charge in [0.1, 0.15) is 0 Å². The first-order valence-corrected chi connectivity index (χ1v) is 7.94. The summed E-state index contributed by atoms with van der Waals surface area (Å²) in [5.41, 5.74) is -2.68. The fourth-order valence-corrected chi connectivity index (χ4v) is 3.16. The van der Waals surface area contributed by atoms with E-state index in [1.165, 1.54) is 6.92 Å². The van der Waals surface area contributed by atoms with Crippen molar-refractivity contribution in [3.8, 4) is 0 Å². The minimum absolute atomic E-state index is 0.0219. The van der Waals surface area contributed by atoms with E-state index in [4.69, 9.17) is 0 Å². The molecule has 0 bridgehead atoms. The van der Waals surface area contributed by atoms with Gasteiger partial charge in [-0.2, -0.15) is 13.2 Å². The molecule has 0 fully saturated rings. The molecule has 0 amide bonds. The first-order valence-electron chi connectivity index (χ1n) is 7.94. The summed E-state index contributed by atoms with van der Waals surface area (Å²) in [6.07, 6.45) is -3.47. The largest absolute Gasteiger partial charge is 0.394 e. The average molecular weight is 308 g/mol. The van der Waals surface area contributed by atoms with Crippen molar-refractivity contribution in [3.05, 3.63) is 0 Å². The third kappa shape index (κ3) is 4.39. The van der Waals surface area contributed by atoms with Crippen molar-refractivity contribution in [1.82, 2.24) is 0 Å². The van der Waals surface area contributed by atoms with Gasteiger partial charge in [-0.05, 0) is 35.0 Å². The number of halogens is 3. The molecule has 0 aromatic heterocycles. The molecule has 0 aliphatic carbocycles. The minimum atomic E-state index is -4.19. The summed E-state index contributed by atoms with van der Waals surface area (Å²) < 4.78 is 41.5. The molecule has 0 spiro atoms. The van der Waals surface area contributed by atoms with Gasteiger partial charge < -0.3 is 0 Å². The van der Waals surface area contributed by atoms with Gasteiger partial charge in [-0.25, -0.2) is 0 Å². The van der Waals surface area contributed by atoms with Crippen molar-refractivity contribution in [2.24, 2.45) is 27.6 Å². The number of alkyl halides is 3. The molecule has 0 aromatic carbocycles. The van der Waals surface area contributed by atoms with E-state index in [1.807, 2.05) is 13.8 Å². The highest BCUT2D eigenvalue weighted by atomic mass is 19.4. The van der Waals surface area contributed by atoms with Crippen molar-refractivity contribution < 1.29 is 13.2 Å².